The van der Waals surface area contributed by atoms with E-state index >= 15 is 0 Å². The molecule has 0 amide bonds. The van der Waals surface area contributed by atoms with E-state index in [0.717, 1.165) is 37.5 Å². The number of methoxy groups -OCH3 is 1. The molecule has 3 aromatic rings. The van der Waals surface area contributed by atoms with Crippen LogP contribution in [0.2, 0.25) is 5.02 Å². The standard InChI is InChI=1S/C22H26ClN7O/c1-31-19-4-2-3-18(13-19)30-11-9-29(10-12-30)15-20-26-21(24)28-22(27-20)25-14-16-5-7-17(23)8-6-16/h2-8,13H,9-12,14-15H2,1H3,(H3,24,25,26,27,28). The summed E-state index contributed by atoms with van der Waals surface area (Å²) in [5.74, 6) is 2.24. The molecule has 0 aliphatic carbocycles. The molecule has 2 aromatic carbocycles. The summed E-state index contributed by atoms with van der Waals surface area (Å²) in [6, 6.07) is 15.8. The molecule has 31 heavy (non-hydrogen) atoms. The van der Waals surface area contributed by atoms with Crippen molar-refractivity contribution in [1.82, 2.24) is 19.9 Å². The lowest BCUT2D eigenvalue weighted by Gasteiger charge is -2.35. The van der Waals surface area contributed by atoms with Crippen molar-refractivity contribution in [2.24, 2.45) is 0 Å². The summed E-state index contributed by atoms with van der Waals surface area (Å²) < 4.78 is 5.34. The second-order valence-electron chi connectivity index (χ2n) is 7.38. The largest absolute Gasteiger partial charge is 0.497 e. The van der Waals surface area contributed by atoms with Crippen LogP contribution in [0, 0.1) is 0 Å². The van der Waals surface area contributed by atoms with Crippen LogP contribution in [0.1, 0.15) is 11.4 Å². The number of benzene rings is 2. The SMILES string of the molecule is COc1cccc(N2CCN(Cc3nc(N)nc(NCc4ccc(Cl)cc4)n3)CC2)c1. The van der Waals surface area contributed by atoms with Gasteiger partial charge >= 0.3 is 0 Å². The fourth-order valence-corrected chi connectivity index (χ4v) is 3.67. The topological polar surface area (TPSA) is 92.4 Å². The fourth-order valence-electron chi connectivity index (χ4n) is 3.54. The maximum absolute atomic E-state index is 5.94. The minimum atomic E-state index is 0.221. The number of piperazine rings is 1. The van der Waals surface area contributed by atoms with Crippen LogP contribution in [0.5, 0.6) is 5.75 Å². The lowest BCUT2D eigenvalue weighted by Crippen LogP contribution is -2.46. The summed E-state index contributed by atoms with van der Waals surface area (Å²) in [5, 5.41) is 3.92. The average Bonchev–Trinajstić information content (AvgIpc) is 2.79. The van der Waals surface area contributed by atoms with Crippen molar-refractivity contribution in [2.45, 2.75) is 13.1 Å². The first-order chi connectivity index (χ1) is 15.1. The van der Waals surface area contributed by atoms with E-state index in [2.05, 4.69) is 42.2 Å². The number of nitrogen functional groups attached to an aromatic ring is 1. The van der Waals surface area contributed by atoms with Gasteiger partial charge < -0.3 is 20.7 Å². The van der Waals surface area contributed by atoms with Gasteiger partial charge in [0.1, 0.15) is 11.6 Å². The van der Waals surface area contributed by atoms with Crippen LogP contribution in [-0.4, -0.2) is 53.1 Å². The van der Waals surface area contributed by atoms with Gasteiger partial charge in [-0.1, -0.05) is 29.8 Å². The highest BCUT2D eigenvalue weighted by Gasteiger charge is 2.19. The molecule has 162 valence electrons. The number of hydrogen-bond donors (Lipinski definition) is 2. The van der Waals surface area contributed by atoms with Crippen LogP contribution in [0.25, 0.3) is 0 Å². The molecule has 1 aliphatic rings. The van der Waals surface area contributed by atoms with Crippen LogP contribution in [0.4, 0.5) is 17.6 Å². The van der Waals surface area contributed by atoms with E-state index in [-0.39, 0.29) is 5.95 Å². The molecule has 0 atom stereocenters. The predicted octanol–water partition coefficient (Wildman–Crippen LogP) is 3.05. The molecule has 4 rings (SSSR count). The zero-order valence-electron chi connectivity index (χ0n) is 17.5. The van der Waals surface area contributed by atoms with Crippen molar-refractivity contribution in [3.05, 3.63) is 64.9 Å². The van der Waals surface area contributed by atoms with Crippen molar-refractivity contribution >= 4 is 29.2 Å². The Morgan fingerprint density at radius 2 is 1.81 bits per heavy atom. The van der Waals surface area contributed by atoms with Crippen LogP contribution >= 0.6 is 11.6 Å². The summed E-state index contributed by atoms with van der Waals surface area (Å²) in [5.41, 5.74) is 8.18. The smallest absolute Gasteiger partial charge is 0.228 e. The fraction of sp³-hybridized carbons (Fsp3) is 0.318. The summed E-state index contributed by atoms with van der Waals surface area (Å²) in [4.78, 5) is 17.8. The van der Waals surface area contributed by atoms with Crippen LogP contribution in [0.3, 0.4) is 0 Å². The highest BCUT2D eigenvalue weighted by molar-refractivity contribution is 6.30. The summed E-state index contributed by atoms with van der Waals surface area (Å²) in [6.45, 7) is 4.89. The monoisotopic (exact) mass is 439 g/mol. The van der Waals surface area contributed by atoms with Gasteiger partial charge in [-0.15, -0.1) is 0 Å². The quantitative estimate of drug-likeness (QED) is 0.580. The molecular weight excluding hydrogens is 414 g/mol. The van der Waals surface area contributed by atoms with Gasteiger partial charge in [0.2, 0.25) is 11.9 Å². The van der Waals surface area contributed by atoms with Gasteiger partial charge in [-0.2, -0.15) is 15.0 Å². The van der Waals surface area contributed by atoms with Crippen molar-refractivity contribution in [2.75, 3.05) is 49.2 Å². The molecule has 0 spiro atoms. The first kappa shape index (κ1) is 21.1. The number of nitrogens with zero attached hydrogens (tertiary/aromatic N) is 5. The highest BCUT2D eigenvalue weighted by atomic mass is 35.5. The van der Waals surface area contributed by atoms with E-state index in [9.17, 15) is 0 Å². The second kappa shape index (κ2) is 9.80. The Morgan fingerprint density at radius 1 is 1.03 bits per heavy atom. The number of rotatable bonds is 7. The number of aromatic nitrogens is 3. The molecule has 3 N–H and O–H groups in total. The zero-order chi connectivity index (χ0) is 21.6. The third kappa shape index (κ3) is 5.74. The van der Waals surface area contributed by atoms with Crippen molar-refractivity contribution in [3.63, 3.8) is 0 Å². The van der Waals surface area contributed by atoms with Crippen LogP contribution < -0.4 is 20.7 Å². The van der Waals surface area contributed by atoms with Gasteiger partial charge in [0.05, 0.1) is 13.7 Å². The Hall–Kier alpha value is -3.10. The number of nitrogens with one attached hydrogen (secondary N) is 1. The number of halogens is 1. The molecule has 0 radical (unpaired) electrons. The first-order valence-corrected chi connectivity index (χ1v) is 10.6. The molecule has 8 nitrogen and oxygen atoms in total. The van der Waals surface area contributed by atoms with E-state index in [1.807, 2.05) is 36.4 Å². The Bertz CT molecular complexity index is 1010. The molecule has 1 fully saturated rings. The van der Waals surface area contributed by atoms with Crippen LogP contribution in [-0.2, 0) is 13.1 Å². The summed E-state index contributed by atoms with van der Waals surface area (Å²) in [6.07, 6.45) is 0. The van der Waals surface area contributed by atoms with E-state index < -0.39 is 0 Å². The Kier molecular flexibility index (Phi) is 6.69. The lowest BCUT2D eigenvalue weighted by atomic mass is 10.2. The zero-order valence-corrected chi connectivity index (χ0v) is 18.2. The maximum Gasteiger partial charge on any atom is 0.228 e. The van der Waals surface area contributed by atoms with Crippen LogP contribution in [0.15, 0.2) is 48.5 Å². The Labute approximate surface area is 187 Å². The number of hydrogen-bond acceptors (Lipinski definition) is 8. The Morgan fingerprint density at radius 3 is 2.55 bits per heavy atom. The molecule has 2 heterocycles. The molecule has 1 aromatic heterocycles. The van der Waals surface area contributed by atoms with Crippen molar-refractivity contribution < 1.29 is 4.74 Å². The lowest BCUT2D eigenvalue weighted by molar-refractivity contribution is 0.244. The summed E-state index contributed by atoms with van der Waals surface area (Å²) >= 11 is 5.94. The molecule has 1 saturated heterocycles. The van der Waals surface area contributed by atoms with E-state index in [1.165, 1.54) is 5.69 Å². The van der Waals surface area contributed by atoms with E-state index in [0.29, 0.717) is 29.9 Å². The van der Waals surface area contributed by atoms with Crippen molar-refractivity contribution in [3.8, 4) is 5.75 Å². The van der Waals surface area contributed by atoms with Gasteiger partial charge in [0.25, 0.3) is 0 Å². The van der Waals surface area contributed by atoms with E-state index in [1.54, 1.807) is 7.11 Å². The van der Waals surface area contributed by atoms with E-state index in [4.69, 9.17) is 22.1 Å². The maximum atomic E-state index is 5.94. The number of ether oxygens (including phenoxy) is 1. The van der Waals surface area contributed by atoms with Crippen molar-refractivity contribution in [1.29, 1.82) is 0 Å². The molecule has 0 saturated carbocycles. The number of anilines is 3. The molecular formula is C22H26ClN7O. The second-order valence-corrected chi connectivity index (χ2v) is 7.81. The Balaban J connectivity index is 1.33. The normalized spacial score (nSPS) is 14.5. The highest BCUT2D eigenvalue weighted by Crippen LogP contribution is 2.22. The minimum absolute atomic E-state index is 0.221. The molecule has 1 aliphatic heterocycles. The molecule has 0 unspecified atom stereocenters. The first-order valence-electron chi connectivity index (χ1n) is 10.2. The predicted molar refractivity (Wildman–Crippen MR) is 124 cm³/mol. The van der Waals surface area contributed by atoms with Gasteiger partial charge in [0.15, 0.2) is 0 Å². The van der Waals surface area contributed by atoms with Gasteiger partial charge in [-0.25, -0.2) is 0 Å². The summed E-state index contributed by atoms with van der Waals surface area (Å²) in [7, 11) is 1.69. The van der Waals surface area contributed by atoms with Gasteiger partial charge in [0, 0.05) is 49.5 Å². The number of nitrogens with two attached hydrogens (primary N) is 1. The third-order valence-corrected chi connectivity index (χ3v) is 5.47. The average molecular weight is 440 g/mol. The molecule has 0 bridgehead atoms. The van der Waals surface area contributed by atoms with Gasteiger partial charge in [-0.05, 0) is 29.8 Å². The van der Waals surface area contributed by atoms with Gasteiger partial charge in [-0.3, -0.25) is 4.90 Å². The third-order valence-electron chi connectivity index (χ3n) is 5.22. The molecule has 9 heteroatoms. The minimum Gasteiger partial charge on any atom is -0.497 e.